The van der Waals surface area contributed by atoms with E-state index in [4.69, 9.17) is 9.47 Å². The molecule has 0 aliphatic heterocycles. The van der Waals surface area contributed by atoms with Gasteiger partial charge in [-0.2, -0.15) is 0 Å². The Morgan fingerprint density at radius 3 is 1.88 bits per heavy atom. The summed E-state index contributed by atoms with van der Waals surface area (Å²) in [4.78, 5) is 57.2. The van der Waals surface area contributed by atoms with Crippen LogP contribution in [0.3, 0.4) is 0 Å². The highest BCUT2D eigenvalue weighted by atomic mass is 16.5. The molecule has 1 amide bonds. The van der Waals surface area contributed by atoms with Crippen molar-refractivity contribution in [2.24, 2.45) is 0 Å². The first-order valence-corrected chi connectivity index (χ1v) is 7.62. The van der Waals surface area contributed by atoms with Gasteiger partial charge < -0.3 is 19.5 Å². The van der Waals surface area contributed by atoms with Crippen molar-refractivity contribution < 1.29 is 38.2 Å². The van der Waals surface area contributed by atoms with Gasteiger partial charge in [0.15, 0.2) is 6.61 Å². The van der Waals surface area contributed by atoms with Crippen LogP contribution in [0.5, 0.6) is 0 Å². The van der Waals surface area contributed by atoms with Gasteiger partial charge in [-0.05, 0) is 34.6 Å². The molecular formula is C16H23NO8. The first-order valence-electron chi connectivity index (χ1n) is 7.62. The van der Waals surface area contributed by atoms with Crippen molar-refractivity contribution in [2.45, 2.75) is 52.9 Å². The van der Waals surface area contributed by atoms with Gasteiger partial charge in [-0.3, -0.25) is 9.59 Å². The number of amides is 1. The molecule has 0 aliphatic carbocycles. The summed E-state index contributed by atoms with van der Waals surface area (Å²) in [6.07, 6.45) is 0.913. The summed E-state index contributed by atoms with van der Waals surface area (Å²) in [5.41, 5.74) is 0. The third-order valence-corrected chi connectivity index (χ3v) is 2.36. The van der Waals surface area contributed by atoms with Crippen LogP contribution < -0.4 is 5.32 Å². The third kappa shape index (κ3) is 10.6. The fourth-order valence-electron chi connectivity index (χ4n) is 1.33. The molecule has 0 radical (unpaired) electrons. The largest absolute Gasteiger partial charge is 0.461 e. The molecule has 1 N–H and O–H groups in total. The van der Waals surface area contributed by atoms with Gasteiger partial charge in [-0.15, -0.1) is 0 Å². The number of hydrogen-bond donors (Lipinski definition) is 1. The van der Waals surface area contributed by atoms with Crippen molar-refractivity contribution in [3.63, 3.8) is 0 Å². The number of carbonyl (C=O) groups is 5. The topological polar surface area (TPSA) is 125 Å². The molecule has 0 heterocycles. The number of nitrogens with one attached hydrogen (secondary N) is 1. The molecule has 0 bridgehead atoms. The summed E-state index contributed by atoms with van der Waals surface area (Å²) in [6.45, 7) is 7.08. The van der Waals surface area contributed by atoms with Crippen LogP contribution in [0.4, 0.5) is 0 Å². The Kier molecular flexibility index (Phi) is 9.76. The second-order valence-corrected chi connectivity index (χ2v) is 5.53. The van der Waals surface area contributed by atoms with Gasteiger partial charge in [0, 0.05) is 12.2 Å². The van der Waals surface area contributed by atoms with Gasteiger partial charge in [-0.25, -0.2) is 14.4 Å². The molecule has 0 fully saturated rings. The summed E-state index contributed by atoms with van der Waals surface area (Å²) in [7, 11) is 0. The maximum absolute atomic E-state index is 11.6. The normalized spacial score (nSPS) is 12.0. The van der Waals surface area contributed by atoms with Crippen LogP contribution in [0.15, 0.2) is 12.2 Å². The van der Waals surface area contributed by atoms with Crippen LogP contribution in [0.1, 0.15) is 34.6 Å². The Bertz CT molecular complexity index is 550. The molecule has 9 nitrogen and oxygen atoms in total. The van der Waals surface area contributed by atoms with E-state index in [-0.39, 0.29) is 12.2 Å². The summed E-state index contributed by atoms with van der Waals surface area (Å²) in [6, 6.07) is -1.03. The number of Topliss-reactive ketones (excluding diaryl/α,β-unsaturated/α-hetero) is 1. The van der Waals surface area contributed by atoms with Gasteiger partial charge in [0.1, 0.15) is 6.04 Å². The molecule has 0 spiro atoms. The molecule has 140 valence electrons. The zero-order valence-corrected chi connectivity index (χ0v) is 14.9. The van der Waals surface area contributed by atoms with E-state index < -0.39 is 42.2 Å². The number of rotatable bonds is 9. The molecule has 9 heteroatoms. The molecule has 0 aliphatic rings. The lowest BCUT2D eigenvalue weighted by molar-refractivity contribution is -0.153. The highest BCUT2D eigenvalue weighted by Crippen LogP contribution is 1.95. The molecule has 1 atom stereocenters. The number of hydrogen-bond acceptors (Lipinski definition) is 8. The second kappa shape index (κ2) is 11.0. The monoisotopic (exact) mass is 357 g/mol. The van der Waals surface area contributed by atoms with E-state index in [0.29, 0.717) is 0 Å². The predicted octanol–water partition coefficient (Wildman–Crippen LogP) is 0.0628. The van der Waals surface area contributed by atoms with Gasteiger partial charge >= 0.3 is 17.9 Å². The molecule has 25 heavy (non-hydrogen) atoms. The first kappa shape index (κ1) is 22.3. The highest BCUT2D eigenvalue weighted by Gasteiger charge is 2.22. The average Bonchev–Trinajstić information content (AvgIpc) is 2.48. The maximum atomic E-state index is 11.6. The number of esters is 3. The maximum Gasteiger partial charge on any atom is 0.331 e. The standard InChI is InChI=1S/C16H23NO8/c1-9(2)24-14(20)7-6-13(19)23-8-12(18)15(21)17-11(5)16(22)25-10(3)4/h6-7,9-11H,8H2,1-5H3,(H,17,21)/b7-6+/t11-/m0/s1. The SMILES string of the molecule is CC(C)OC(=O)/C=C/C(=O)OCC(=O)C(=O)N[C@@H](C)C(=O)OC(C)C. The molecular weight excluding hydrogens is 334 g/mol. The van der Waals surface area contributed by atoms with Gasteiger partial charge in [-0.1, -0.05) is 0 Å². The smallest absolute Gasteiger partial charge is 0.331 e. The lowest BCUT2D eigenvalue weighted by Gasteiger charge is -2.14. The Morgan fingerprint density at radius 1 is 0.840 bits per heavy atom. The summed E-state index contributed by atoms with van der Waals surface area (Å²) in [5.74, 6) is -4.58. The van der Waals surface area contributed by atoms with Crippen LogP contribution in [0.25, 0.3) is 0 Å². The van der Waals surface area contributed by atoms with Gasteiger partial charge in [0.25, 0.3) is 11.7 Å². The van der Waals surface area contributed by atoms with Crippen molar-refractivity contribution in [2.75, 3.05) is 6.61 Å². The minimum atomic E-state index is -1.09. The van der Waals surface area contributed by atoms with Gasteiger partial charge in [0.05, 0.1) is 12.2 Å². The van der Waals surface area contributed by atoms with E-state index in [2.05, 4.69) is 10.1 Å². The number of ether oxygens (including phenoxy) is 3. The van der Waals surface area contributed by atoms with Crippen LogP contribution in [-0.4, -0.2) is 54.5 Å². The van der Waals surface area contributed by atoms with Crippen LogP contribution >= 0.6 is 0 Å². The molecule has 0 aromatic carbocycles. The fourth-order valence-corrected chi connectivity index (χ4v) is 1.33. The quantitative estimate of drug-likeness (QED) is 0.266. The van der Waals surface area contributed by atoms with E-state index in [1.165, 1.54) is 6.92 Å². The van der Waals surface area contributed by atoms with Crippen LogP contribution in [-0.2, 0) is 38.2 Å². The molecule has 0 aromatic rings. The van der Waals surface area contributed by atoms with E-state index >= 15 is 0 Å². The van der Waals surface area contributed by atoms with E-state index in [0.717, 1.165) is 12.2 Å². The minimum absolute atomic E-state index is 0.345. The molecule has 0 saturated heterocycles. The minimum Gasteiger partial charge on any atom is -0.461 e. The van der Waals surface area contributed by atoms with Crippen molar-refractivity contribution in [3.05, 3.63) is 12.2 Å². The zero-order valence-electron chi connectivity index (χ0n) is 14.9. The predicted molar refractivity (Wildman–Crippen MR) is 85.2 cm³/mol. The Hall–Kier alpha value is -2.71. The first-order chi connectivity index (χ1) is 11.5. The fraction of sp³-hybridized carbons (Fsp3) is 0.562. The Morgan fingerprint density at radius 2 is 1.36 bits per heavy atom. The van der Waals surface area contributed by atoms with Crippen molar-refractivity contribution >= 4 is 29.6 Å². The summed E-state index contributed by atoms with van der Waals surface area (Å²) < 4.78 is 14.1. The zero-order chi connectivity index (χ0) is 19.6. The highest BCUT2D eigenvalue weighted by molar-refractivity contribution is 6.37. The lowest BCUT2D eigenvalue weighted by Crippen LogP contribution is -2.44. The Balaban J connectivity index is 4.30. The molecule has 0 rings (SSSR count). The lowest BCUT2D eigenvalue weighted by atomic mass is 10.3. The van der Waals surface area contributed by atoms with Crippen LogP contribution in [0.2, 0.25) is 0 Å². The van der Waals surface area contributed by atoms with Crippen LogP contribution in [0, 0.1) is 0 Å². The van der Waals surface area contributed by atoms with Crippen molar-refractivity contribution in [3.8, 4) is 0 Å². The third-order valence-electron chi connectivity index (χ3n) is 2.36. The molecule has 0 saturated carbocycles. The summed E-state index contributed by atoms with van der Waals surface area (Å²) in [5, 5.41) is 2.13. The second-order valence-electron chi connectivity index (χ2n) is 5.53. The summed E-state index contributed by atoms with van der Waals surface area (Å²) >= 11 is 0. The molecule has 0 aromatic heterocycles. The van der Waals surface area contributed by atoms with E-state index in [9.17, 15) is 24.0 Å². The van der Waals surface area contributed by atoms with E-state index in [1.807, 2.05) is 0 Å². The van der Waals surface area contributed by atoms with E-state index in [1.54, 1.807) is 27.7 Å². The number of ketones is 1. The average molecular weight is 357 g/mol. The molecule has 0 unspecified atom stereocenters. The van der Waals surface area contributed by atoms with Crippen molar-refractivity contribution in [1.29, 1.82) is 0 Å². The Labute approximate surface area is 145 Å². The van der Waals surface area contributed by atoms with Gasteiger partial charge in [0.2, 0.25) is 0 Å². The van der Waals surface area contributed by atoms with Crippen molar-refractivity contribution in [1.82, 2.24) is 5.32 Å². The number of carbonyl (C=O) groups excluding carboxylic acids is 5.